The van der Waals surface area contributed by atoms with Crippen LogP contribution in [0.15, 0.2) is 18.2 Å². The molecular formula is C16H26ClN3. The van der Waals surface area contributed by atoms with Crippen LogP contribution in [0.1, 0.15) is 25.8 Å². The van der Waals surface area contributed by atoms with Gasteiger partial charge in [-0.1, -0.05) is 24.6 Å². The first-order chi connectivity index (χ1) is 9.51. The fourth-order valence-electron chi connectivity index (χ4n) is 2.70. The Bertz CT molecular complexity index is 449. The number of rotatable bonds is 4. The Kier molecular flexibility index (Phi) is 5.30. The van der Waals surface area contributed by atoms with Crippen LogP contribution in [0, 0.1) is 0 Å². The molecule has 0 bridgehead atoms. The zero-order valence-electron chi connectivity index (χ0n) is 12.8. The second-order valence-corrected chi connectivity index (χ2v) is 6.36. The second-order valence-electron chi connectivity index (χ2n) is 5.92. The number of hydrogen-bond donors (Lipinski definition) is 1. The third-order valence-corrected chi connectivity index (χ3v) is 4.59. The number of hydrogen-bond acceptors (Lipinski definition) is 3. The second kappa shape index (κ2) is 6.79. The summed E-state index contributed by atoms with van der Waals surface area (Å²) in [6, 6.07) is 6.99. The van der Waals surface area contributed by atoms with Crippen LogP contribution in [-0.2, 0) is 6.42 Å². The molecule has 2 N–H and O–H groups in total. The maximum Gasteiger partial charge on any atom is 0.0426 e. The molecule has 3 nitrogen and oxygen atoms in total. The summed E-state index contributed by atoms with van der Waals surface area (Å²) in [5.74, 6) is 0. The number of nitrogens with two attached hydrogens (primary N) is 1. The van der Waals surface area contributed by atoms with Crippen molar-refractivity contribution in [3.63, 3.8) is 0 Å². The molecule has 1 saturated heterocycles. The van der Waals surface area contributed by atoms with Gasteiger partial charge >= 0.3 is 0 Å². The molecule has 1 aromatic carbocycles. The van der Waals surface area contributed by atoms with Gasteiger partial charge in [-0.2, -0.15) is 0 Å². The molecular weight excluding hydrogens is 270 g/mol. The minimum absolute atomic E-state index is 0.222. The maximum absolute atomic E-state index is 6.20. The molecule has 1 heterocycles. The maximum atomic E-state index is 6.20. The van der Waals surface area contributed by atoms with Gasteiger partial charge in [-0.05, 0) is 44.5 Å². The summed E-state index contributed by atoms with van der Waals surface area (Å²) in [6.07, 6.45) is 1.92. The van der Waals surface area contributed by atoms with Crippen LogP contribution in [0.25, 0.3) is 0 Å². The molecule has 1 aromatic rings. The highest BCUT2D eigenvalue weighted by molar-refractivity contribution is 6.30. The molecule has 0 spiro atoms. The average Bonchev–Trinajstić information content (AvgIpc) is 2.43. The van der Waals surface area contributed by atoms with E-state index in [9.17, 15) is 0 Å². The number of halogens is 1. The molecule has 0 radical (unpaired) electrons. The minimum atomic E-state index is 0.222. The van der Waals surface area contributed by atoms with E-state index in [2.05, 4.69) is 42.8 Å². The molecule has 1 aliphatic heterocycles. The SMILES string of the molecule is CCC(N)Cc1ccc(Cl)cc1N1CCN(C)C(C)C1. The van der Waals surface area contributed by atoms with Crippen molar-refractivity contribution < 1.29 is 0 Å². The van der Waals surface area contributed by atoms with Gasteiger partial charge in [0.15, 0.2) is 0 Å². The minimum Gasteiger partial charge on any atom is -0.368 e. The lowest BCUT2D eigenvalue weighted by Crippen LogP contribution is -2.50. The normalized spacial score (nSPS) is 22.1. The van der Waals surface area contributed by atoms with E-state index in [-0.39, 0.29) is 6.04 Å². The number of piperazine rings is 1. The summed E-state index contributed by atoms with van der Waals surface area (Å²) in [5, 5.41) is 0.806. The van der Waals surface area contributed by atoms with E-state index in [1.807, 2.05) is 6.07 Å². The van der Waals surface area contributed by atoms with Crippen LogP contribution in [0.5, 0.6) is 0 Å². The molecule has 0 saturated carbocycles. The van der Waals surface area contributed by atoms with E-state index < -0.39 is 0 Å². The van der Waals surface area contributed by atoms with E-state index in [1.54, 1.807) is 0 Å². The molecule has 20 heavy (non-hydrogen) atoms. The Balaban J connectivity index is 2.22. The Morgan fingerprint density at radius 1 is 1.40 bits per heavy atom. The summed E-state index contributed by atoms with van der Waals surface area (Å²) in [6.45, 7) is 7.60. The van der Waals surface area contributed by atoms with Gasteiger partial charge in [0.05, 0.1) is 0 Å². The highest BCUT2D eigenvalue weighted by atomic mass is 35.5. The Morgan fingerprint density at radius 3 is 2.80 bits per heavy atom. The van der Waals surface area contributed by atoms with Crippen molar-refractivity contribution in [2.45, 2.75) is 38.8 Å². The van der Waals surface area contributed by atoms with Crippen LogP contribution in [-0.4, -0.2) is 43.7 Å². The van der Waals surface area contributed by atoms with Crippen molar-refractivity contribution >= 4 is 17.3 Å². The van der Waals surface area contributed by atoms with E-state index in [1.165, 1.54) is 11.3 Å². The fourth-order valence-corrected chi connectivity index (χ4v) is 2.86. The van der Waals surface area contributed by atoms with E-state index >= 15 is 0 Å². The first kappa shape index (κ1) is 15.6. The van der Waals surface area contributed by atoms with Crippen molar-refractivity contribution in [1.29, 1.82) is 0 Å². The Hall–Kier alpha value is -0.770. The highest BCUT2D eigenvalue weighted by Gasteiger charge is 2.23. The highest BCUT2D eigenvalue weighted by Crippen LogP contribution is 2.28. The smallest absolute Gasteiger partial charge is 0.0426 e. The molecule has 1 fully saturated rings. The van der Waals surface area contributed by atoms with Gasteiger partial charge in [0.25, 0.3) is 0 Å². The molecule has 0 amide bonds. The number of anilines is 1. The van der Waals surface area contributed by atoms with E-state index in [0.717, 1.165) is 37.5 Å². The van der Waals surface area contributed by atoms with Crippen molar-refractivity contribution in [3.05, 3.63) is 28.8 Å². The molecule has 0 aliphatic carbocycles. The zero-order valence-corrected chi connectivity index (χ0v) is 13.5. The van der Waals surface area contributed by atoms with Crippen LogP contribution >= 0.6 is 11.6 Å². The number of nitrogens with zero attached hydrogens (tertiary/aromatic N) is 2. The summed E-state index contributed by atoms with van der Waals surface area (Å²) >= 11 is 6.20. The van der Waals surface area contributed by atoms with Crippen LogP contribution in [0.2, 0.25) is 5.02 Å². The standard InChI is InChI=1S/C16H26ClN3/c1-4-15(18)9-13-5-6-14(17)10-16(13)20-8-7-19(3)12(2)11-20/h5-6,10,12,15H,4,7-9,11,18H2,1-3H3. The predicted molar refractivity (Wildman–Crippen MR) is 87.7 cm³/mol. The van der Waals surface area contributed by atoms with Crippen molar-refractivity contribution in [1.82, 2.24) is 4.90 Å². The first-order valence-electron chi connectivity index (χ1n) is 7.50. The monoisotopic (exact) mass is 295 g/mol. The number of likely N-dealkylation sites (N-methyl/N-ethyl adjacent to an activating group) is 1. The Morgan fingerprint density at radius 2 is 2.15 bits per heavy atom. The zero-order chi connectivity index (χ0) is 14.7. The van der Waals surface area contributed by atoms with E-state index in [4.69, 9.17) is 17.3 Å². The lowest BCUT2D eigenvalue weighted by molar-refractivity contribution is 0.234. The Labute approximate surface area is 127 Å². The van der Waals surface area contributed by atoms with Crippen LogP contribution in [0.3, 0.4) is 0 Å². The molecule has 2 rings (SSSR count). The van der Waals surface area contributed by atoms with Crippen molar-refractivity contribution in [3.8, 4) is 0 Å². The lowest BCUT2D eigenvalue weighted by atomic mass is 10.0. The molecule has 2 atom stereocenters. The van der Waals surface area contributed by atoms with Gasteiger partial charge in [0.1, 0.15) is 0 Å². The molecule has 0 aromatic heterocycles. The van der Waals surface area contributed by atoms with Gasteiger partial charge in [-0.25, -0.2) is 0 Å². The van der Waals surface area contributed by atoms with Crippen LogP contribution in [0.4, 0.5) is 5.69 Å². The van der Waals surface area contributed by atoms with Gasteiger partial charge in [0.2, 0.25) is 0 Å². The fraction of sp³-hybridized carbons (Fsp3) is 0.625. The van der Waals surface area contributed by atoms with E-state index in [0.29, 0.717) is 6.04 Å². The largest absolute Gasteiger partial charge is 0.368 e. The molecule has 2 unspecified atom stereocenters. The lowest BCUT2D eigenvalue weighted by Gasteiger charge is -2.40. The third-order valence-electron chi connectivity index (χ3n) is 4.35. The topological polar surface area (TPSA) is 32.5 Å². The van der Waals surface area contributed by atoms with Crippen molar-refractivity contribution in [2.24, 2.45) is 5.73 Å². The molecule has 4 heteroatoms. The summed E-state index contributed by atoms with van der Waals surface area (Å²) in [5.41, 5.74) is 8.72. The summed E-state index contributed by atoms with van der Waals surface area (Å²) < 4.78 is 0. The third kappa shape index (κ3) is 3.66. The van der Waals surface area contributed by atoms with Crippen molar-refractivity contribution in [2.75, 3.05) is 31.6 Å². The molecule has 112 valence electrons. The first-order valence-corrected chi connectivity index (χ1v) is 7.88. The molecule has 1 aliphatic rings. The summed E-state index contributed by atoms with van der Waals surface area (Å²) in [4.78, 5) is 4.85. The van der Waals surface area contributed by atoms with Crippen LogP contribution < -0.4 is 10.6 Å². The predicted octanol–water partition coefficient (Wildman–Crippen LogP) is 2.76. The number of benzene rings is 1. The summed E-state index contributed by atoms with van der Waals surface area (Å²) in [7, 11) is 2.19. The van der Waals surface area contributed by atoms with Gasteiger partial charge in [-0.3, -0.25) is 0 Å². The van der Waals surface area contributed by atoms with Gasteiger partial charge < -0.3 is 15.5 Å². The van der Waals surface area contributed by atoms with Gasteiger partial charge in [-0.15, -0.1) is 0 Å². The van der Waals surface area contributed by atoms with Gasteiger partial charge in [0, 0.05) is 42.4 Å². The average molecular weight is 296 g/mol. The quantitative estimate of drug-likeness (QED) is 0.927.